The number of amides is 1. The highest BCUT2D eigenvalue weighted by atomic mass is 32.1. The van der Waals surface area contributed by atoms with Gasteiger partial charge in [-0.15, -0.1) is 11.3 Å². The van der Waals surface area contributed by atoms with E-state index in [-0.39, 0.29) is 5.91 Å². The summed E-state index contributed by atoms with van der Waals surface area (Å²) in [6.07, 6.45) is 3.21. The summed E-state index contributed by atoms with van der Waals surface area (Å²) in [6, 6.07) is 8.35. The maximum Gasteiger partial charge on any atom is 0.263 e. The first-order chi connectivity index (χ1) is 13.2. The topological polar surface area (TPSA) is 54.5 Å². The maximum absolute atomic E-state index is 12.7. The molecule has 0 aliphatic carbocycles. The highest BCUT2D eigenvalue weighted by Crippen LogP contribution is 2.20. The summed E-state index contributed by atoms with van der Waals surface area (Å²) < 4.78 is 5.43. The molecule has 6 heteroatoms. The highest BCUT2D eigenvalue weighted by Gasteiger charge is 2.16. The van der Waals surface area contributed by atoms with Crippen molar-refractivity contribution in [2.24, 2.45) is 0 Å². The quantitative estimate of drug-likeness (QED) is 0.753. The van der Waals surface area contributed by atoms with E-state index in [2.05, 4.69) is 40.3 Å². The van der Waals surface area contributed by atoms with Crippen molar-refractivity contribution in [3.63, 3.8) is 0 Å². The molecule has 0 atom stereocenters. The van der Waals surface area contributed by atoms with Gasteiger partial charge < -0.3 is 10.1 Å². The van der Waals surface area contributed by atoms with Crippen molar-refractivity contribution in [1.29, 1.82) is 0 Å². The van der Waals surface area contributed by atoms with Crippen LogP contribution in [0.15, 0.2) is 24.3 Å². The summed E-state index contributed by atoms with van der Waals surface area (Å²) in [7, 11) is 0. The van der Waals surface area contributed by atoms with E-state index in [0.717, 1.165) is 67.7 Å². The fraction of sp³-hybridized carbons (Fsp3) is 0.524. The molecule has 1 aromatic heterocycles. The van der Waals surface area contributed by atoms with Gasteiger partial charge >= 0.3 is 0 Å². The molecule has 1 aliphatic rings. The summed E-state index contributed by atoms with van der Waals surface area (Å²) in [5.74, 6) is -0.0195. The van der Waals surface area contributed by atoms with Crippen molar-refractivity contribution < 1.29 is 9.53 Å². The normalized spacial score (nSPS) is 15.0. The Hall–Kier alpha value is -1.76. The smallest absolute Gasteiger partial charge is 0.263 e. The Balaban J connectivity index is 1.61. The van der Waals surface area contributed by atoms with Crippen molar-refractivity contribution >= 4 is 17.2 Å². The van der Waals surface area contributed by atoms with Gasteiger partial charge in [0.25, 0.3) is 5.91 Å². The van der Waals surface area contributed by atoms with Crippen LogP contribution in [0.25, 0.3) is 0 Å². The van der Waals surface area contributed by atoms with Crippen molar-refractivity contribution in [3.8, 4) is 0 Å². The molecule has 0 bridgehead atoms. The van der Waals surface area contributed by atoms with Gasteiger partial charge in [-0.25, -0.2) is 4.98 Å². The number of carbonyl (C=O) groups excluding carboxylic acids is 1. The lowest BCUT2D eigenvalue weighted by molar-refractivity contribution is 0.0340. The number of benzene rings is 1. The average Bonchev–Trinajstić information content (AvgIpc) is 3.07. The van der Waals surface area contributed by atoms with E-state index in [1.54, 1.807) is 0 Å². The fourth-order valence-corrected chi connectivity index (χ4v) is 4.26. The zero-order valence-electron chi connectivity index (χ0n) is 16.3. The molecule has 2 aromatic rings. The third kappa shape index (κ3) is 5.61. The molecule has 0 spiro atoms. The average molecular weight is 388 g/mol. The van der Waals surface area contributed by atoms with Crippen LogP contribution in [0.2, 0.25) is 0 Å². The lowest BCUT2D eigenvalue weighted by Crippen LogP contribution is -2.36. The largest absolute Gasteiger partial charge is 0.379 e. The van der Waals surface area contributed by atoms with Crippen LogP contribution in [0, 0.1) is 6.92 Å². The Bertz CT molecular complexity index is 754. The van der Waals surface area contributed by atoms with Gasteiger partial charge in [0.2, 0.25) is 0 Å². The van der Waals surface area contributed by atoms with Gasteiger partial charge in [0.05, 0.1) is 23.9 Å². The number of morpholine rings is 1. The third-order valence-corrected chi connectivity index (χ3v) is 6.06. The van der Waals surface area contributed by atoms with Crippen LogP contribution in [-0.2, 0) is 24.2 Å². The van der Waals surface area contributed by atoms with Gasteiger partial charge in [-0.2, -0.15) is 0 Å². The first-order valence-corrected chi connectivity index (χ1v) is 10.6. The van der Waals surface area contributed by atoms with Gasteiger partial charge in [0.15, 0.2) is 0 Å². The van der Waals surface area contributed by atoms with Crippen molar-refractivity contribution in [1.82, 2.24) is 15.2 Å². The molecule has 1 N–H and O–H groups in total. The van der Waals surface area contributed by atoms with E-state index < -0.39 is 0 Å². The Morgan fingerprint density at radius 1 is 1.26 bits per heavy atom. The number of thiazole rings is 1. The molecule has 1 aliphatic heterocycles. The predicted molar refractivity (Wildman–Crippen MR) is 109 cm³/mol. The first-order valence-electron chi connectivity index (χ1n) is 9.78. The van der Waals surface area contributed by atoms with Crippen molar-refractivity contribution in [3.05, 3.63) is 51.0 Å². The number of ether oxygens (including phenoxy) is 1. The van der Waals surface area contributed by atoms with E-state index in [1.807, 2.05) is 13.0 Å². The summed E-state index contributed by atoms with van der Waals surface area (Å²) >= 11 is 1.53. The zero-order chi connectivity index (χ0) is 19.1. The van der Waals surface area contributed by atoms with Gasteiger partial charge in [0.1, 0.15) is 4.88 Å². The van der Waals surface area contributed by atoms with Gasteiger partial charge in [-0.3, -0.25) is 9.69 Å². The maximum atomic E-state index is 12.7. The lowest BCUT2D eigenvalue weighted by Gasteiger charge is -2.27. The van der Waals surface area contributed by atoms with E-state index >= 15 is 0 Å². The zero-order valence-corrected chi connectivity index (χ0v) is 17.1. The minimum atomic E-state index is -0.0195. The van der Waals surface area contributed by atoms with Crippen LogP contribution in [0.4, 0.5) is 0 Å². The molecule has 2 heterocycles. The molecule has 1 fully saturated rings. The standard InChI is InChI=1S/C21H29N3O2S/c1-3-4-9-19-23-16(2)20(27-19)21(25)22-14-17-7-5-6-8-18(17)15-24-10-12-26-13-11-24/h5-8H,3-4,9-15H2,1-2H3,(H,22,25). The van der Waals surface area contributed by atoms with Crippen LogP contribution < -0.4 is 5.32 Å². The number of aryl methyl sites for hydroxylation is 2. The fourth-order valence-electron chi connectivity index (χ4n) is 3.24. The second-order valence-electron chi connectivity index (χ2n) is 6.97. The Labute approximate surface area is 165 Å². The molecule has 0 radical (unpaired) electrons. The number of nitrogens with zero attached hydrogens (tertiary/aromatic N) is 2. The Morgan fingerprint density at radius 2 is 2.00 bits per heavy atom. The molecule has 1 amide bonds. The third-order valence-electron chi connectivity index (χ3n) is 4.85. The van der Waals surface area contributed by atoms with Crippen molar-refractivity contribution in [2.45, 2.75) is 46.2 Å². The van der Waals surface area contributed by atoms with Crippen LogP contribution in [0.1, 0.15) is 51.3 Å². The molecule has 5 nitrogen and oxygen atoms in total. The minimum absolute atomic E-state index is 0.0195. The van der Waals surface area contributed by atoms with E-state index in [4.69, 9.17) is 4.74 Å². The molecule has 1 aromatic carbocycles. The van der Waals surface area contributed by atoms with Gasteiger partial charge in [-0.1, -0.05) is 37.6 Å². The number of unbranched alkanes of at least 4 members (excludes halogenated alkanes) is 1. The number of hydrogen-bond donors (Lipinski definition) is 1. The molecule has 1 saturated heterocycles. The van der Waals surface area contributed by atoms with Crippen LogP contribution in [-0.4, -0.2) is 42.1 Å². The molecule has 3 rings (SSSR count). The molecular weight excluding hydrogens is 358 g/mol. The molecule has 0 unspecified atom stereocenters. The molecule has 146 valence electrons. The highest BCUT2D eigenvalue weighted by molar-refractivity contribution is 7.13. The van der Waals surface area contributed by atoms with Crippen LogP contribution in [0.3, 0.4) is 0 Å². The SMILES string of the molecule is CCCCc1nc(C)c(C(=O)NCc2ccccc2CN2CCOCC2)s1. The van der Waals surface area contributed by atoms with Gasteiger partial charge in [0, 0.05) is 26.2 Å². The summed E-state index contributed by atoms with van der Waals surface area (Å²) in [6.45, 7) is 9.04. The van der Waals surface area contributed by atoms with Crippen LogP contribution >= 0.6 is 11.3 Å². The second kappa shape index (κ2) is 9.97. The number of hydrogen-bond acceptors (Lipinski definition) is 5. The van der Waals surface area contributed by atoms with Crippen molar-refractivity contribution in [2.75, 3.05) is 26.3 Å². The Kier molecular flexibility index (Phi) is 7.38. The summed E-state index contributed by atoms with van der Waals surface area (Å²) in [5, 5.41) is 4.15. The number of aromatic nitrogens is 1. The second-order valence-corrected chi connectivity index (χ2v) is 8.05. The minimum Gasteiger partial charge on any atom is -0.379 e. The summed E-state index contributed by atoms with van der Waals surface area (Å²) in [5.41, 5.74) is 3.28. The van der Waals surface area contributed by atoms with E-state index in [0.29, 0.717) is 6.54 Å². The lowest BCUT2D eigenvalue weighted by atomic mass is 10.1. The number of rotatable bonds is 8. The first kappa shape index (κ1) is 20.0. The monoisotopic (exact) mass is 387 g/mol. The predicted octanol–water partition coefficient (Wildman–Crippen LogP) is 3.56. The van der Waals surface area contributed by atoms with E-state index in [9.17, 15) is 4.79 Å². The molecule has 27 heavy (non-hydrogen) atoms. The summed E-state index contributed by atoms with van der Waals surface area (Å²) in [4.78, 5) is 20.4. The Morgan fingerprint density at radius 3 is 2.74 bits per heavy atom. The van der Waals surface area contributed by atoms with E-state index in [1.165, 1.54) is 22.5 Å². The molecular formula is C21H29N3O2S. The van der Waals surface area contributed by atoms with Gasteiger partial charge in [-0.05, 0) is 30.9 Å². The number of carbonyl (C=O) groups is 1. The van der Waals surface area contributed by atoms with Crippen LogP contribution in [0.5, 0.6) is 0 Å². The number of nitrogens with one attached hydrogen (secondary N) is 1. The molecule has 0 saturated carbocycles.